The standard InChI is InChI=1S/C23H26N6OS/c1-4-29-22(17-7-5-6-8-18(17)27-29)26-23-25-19(13-31-23)16-9-10-20(21(11-16)30-3)28-12-15(2)24-14-28/h9-14H,4-8H2,1-3H3,(H,25,26). The summed E-state index contributed by atoms with van der Waals surface area (Å²) >= 11 is 1.61. The van der Waals surface area contributed by atoms with Crippen molar-refractivity contribution in [3.8, 4) is 22.7 Å². The Morgan fingerprint density at radius 3 is 2.87 bits per heavy atom. The maximum atomic E-state index is 5.66. The van der Waals surface area contributed by atoms with Crippen LogP contribution in [-0.4, -0.2) is 31.4 Å². The Morgan fingerprint density at radius 2 is 2.10 bits per heavy atom. The number of anilines is 2. The van der Waals surface area contributed by atoms with Crippen molar-refractivity contribution < 1.29 is 4.74 Å². The molecule has 0 fully saturated rings. The van der Waals surface area contributed by atoms with E-state index in [1.165, 1.54) is 24.1 Å². The molecule has 0 atom stereocenters. The molecule has 0 bridgehead atoms. The van der Waals surface area contributed by atoms with Gasteiger partial charge < -0.3 is 14.6 Å². The van der Waals surface area contributed by atoms with Gasteiger partial charge in [-0.05, 0) is 51.7 Å². The summed E-state index contributed by atoms with van der Waals surface area (Å²) in [6, 6.07) is 6.15. The first-order valence-corrected chi connectivity index (χ1v) is 11.5. The molecular formula is C23H26N6OS. The second-order valence-corrected chi connectivity index (χ2v) is 8.63. The average Bonchev–Trinajstić information content (AvgIpc) is 3.52. The molecule has 1 N–H and O–H groups in total. The highest BCUT2D eigenvalue weighted by Gasteiger charge is 2.21. The molecule has 1 aromatic carbocycles. The zero-order valence-electron chi connectivity index (χ0n) is 18.1. The summed E-state index contributed by atoms with van der Waals surface area (Å²) in [6.07, 6.45) is 8.40. The van der Waals surface area contributed by atoms with Crippen molar-refractivity contribution in [2.24, 2.45) is 0 Å². The predicted molar refractivity (Wildman–Crippen MR) is 124 cm³/mol. The predicted octanol–water partition coefficient (Wildman–Crippen LogP) is 5.15. The van der Waals surface area contributed by atoms with E-state index in [-0.39, 0.29) is 0 Å². The van der Waals surface area contributed by atoms with Crippen LogP contribution in [-0.2, 0) is 19.4 Å². The van der Waals surface area contributed by atoms with Crippen molar-refractivity contribution in [2.75, 3.05) is 12.4 Å². The Hall–Kier alpha value is -3.13. The number of nitrogens with zero attached hydrogens (tertiary/aromatic N) is 5. The number of hydrogen-bond donors (Lipinski definition) is 1. The van der Waals surface area contributed by atoms with Crippen molar-refractivity contribution in [1.82, 2.24) is 24.3 Å². The van der Waals surface area contributed by atoms with Gasteiger partial charge in [0.15, 0.2) is 5.13 Å². The van der Waals surface area contributed by atoms with E-state index in [1.807, 2.05) is 29.8 Å². The van der Waals surface area contributed by atoms with Crippen LogP contribution in [0.2, 0.25) is 0 Å². The van der Waals surface area contributed by atoms with E-state index in [0.717, 1.165) is 58.7 Å². The van der Waals surface area contributed by atoms with E-state index in [0.29, 0.717) is 0 Å². The third kappa shape index (κ3) is 3.72. The molecule has 0 amide bonds. The number of ether oxygens (including phenoxy) is 1. The molecule has 0 unspecified atom stereocenters. The van der Waals surface area contributed by atoms with Crippen LogP contribution in [0.1, 0.15) is 36.7 Å². The number of aromatic nitrogens is 5. The minimum atomic E-state index is 0.788. The fourth-order valence-electron chi connectivity index (χ4n) is 4.14. The molecule has 3 aromatic heterocycles. The molecule has 5 rings (SSSR count). The monoisotopic (exact) mass is 434 g/mol. The maximum absolute atomic E-state index is 5.66. The molecule has 31 heavy (non-hydrogen) atoms. The number of nitrogens with one attached hydrogen (secondary N) is 1. The van der Waals surface area contributed by atoms with E-state index in [1.54, 1.807) is 24.8 Å². The Kier molecular flexibility index (Phi) is 5.23. The van der Waals surface area contributed by atoms with Crippen molar-refractivity contribution >= 4 is 22.3 Å². The van der Waals surface area contributed by atoms with Gasteiger partial charge >= 0.3 is 0 Å². The molecule has 0 radical (unpaired) electrons. The molecule has 4 aromatic rings. The lowest BCUT2D eigenvalue weighted by Gasteiger charge is -2.12. The van der Waals surface area contributed by atoms with Crippen molar-refractivity contribution in [2.45, 2.75) is 46.1 Å². The number of imidazole rings is 1. The number of aryl methyl sites for hydroxylation is 3. The lowest BCUT2D eigenvalue weighted by atomic mass is 9.97. The Labute approximate surface area is 185 Å². The summed E-state index contributed by atoms with van der Waals surface area (Å²) in [6.45, 7) is 4.95. The molecule has 7 nitrogen and oxygen atoms in total. The smallest absolute Gasteiger partial charge is 0.188 e. The highest BCUT2D eigenvalue weighted by atomic mass is 32.1. The van der Waals surface area contributed by atoms with Gasteiger partial charge in [0.05, 0.1) is 36.2 Å². The summed E-state index contributed by atoms with van der Waals surface area (Å²) in [5.41, 5.74) is 6.46. The molecule has 0 saturated heterocycles. The fraction of sp³-hybridized carbons (Fsp3) is 0.348. The van der Waals surface area contributed by atoms with Crippen LogP contribution in [0.25, 0.3) is 16.9 Å². The Morgan fingerprint density at radius 1 is 1.23 bits per heavy atom. The lowest BCUT2D eigenvalue weighted by Crippen LogP contribution is -2.04. The van der Waals surface area contributed by atoms with Crippen LogP contribution in [0, 0.1) is 6.92 Å². The van der Waals surface area contributed by atoms with Crippen LogP contribution in [0.3, 0.4) is 0 Å². The third-order valence-electron chi connectivity index (χ3n) is 5.72. The summed E-state index contributed by atoms with van der Waals surface area (Å²) in [5.74, 6) is 1.89. The summed E-state index contributed by atoms with van der Waals surface area (Å²) in [4.78, 5) is 9.17. The molecule has 0 saturated carbocycles. The zero-order chi connectivity index (χ0) is 21.4. The van der Waals surface area contributed by atoms with Gasteiger partial charge in [-0.1, -0.05) is 6.07 Å². The molecular weight excluding hydrogens is 408 g/mol. The van der Waals surface area contributed by atoms with Crippen LogP contribution in [0.5, 0.6) is 5.75 Å². The van der Waals surface area contributed by atoms with E-state index < -0.39 is 0 Å². The second kappa shape index (κ2) is 8.19. The molecule has 160 valence electrons. The number of thiazole rings is 1. The number of fused-ring (bicyclic) bond motifs is 1. The van der Waals surface area contributed by atoms with Gasteiger partial charge in [0.2, 0.25) is 0 Å². The first-order valence-electron chi connectivity index (χ1n) is 10.7. The number of benzene rings is 1. The maximum Gasteiger partial charge on any atom is 0.188 e. The minimum Gasteiger partial charge on any atom is -0.495 e. The van der Waals surface area contributed by atoms with Gasteiger partial charge in [-0.25, -0.2) is 14.6 Å². The van der Waals surface area contributed by atoms with Crippen molar-refractivity contribution in [1.29, 1.82) is 0 Å². The van der Waals surface area contributed by atoms with Gasteiger partial charge in [0.1, 0.15) is 11.6 Å². The minimum absolute atomic E-state index is 0.788. The topological polar surface area (TPSA) is 69.8 Å². The fourth-order valence-corrected chi connectivity index (χ4v) is 4.86. The van der Waals surface area contributed by atoms with Gasteiger partial charge in [-0.15, -0.1) is 11.3 Å². The Balaban J connectivity index is 1.43. The van der Waals surface area contributed by atoms with Gasteiger partial charge in [-0.3, -0.25) is 0 Å². The number of rotatable bonds is 6. The highest BCUT2D eigenvalue weighted by Crippen LogP contribution is 2.34. The summed E-state index contributed by atoms with van der Waals surface area (Å²) in [5, 5.41) is 11.3. The molecule has 1 aliphatic rings. The summed E-state index contributed by atoms with van der Waals surface area (Å²) < 4.78 is 9.70. The molecule has 8 heteroatoms. The quantitative estimate of drug-likeness (QED) is 0.454. The van der Waals surface area contributed by atoms with Gasteiger partial charge in [-0.2, -0.15) is 5.10 Å². The van der Waals surface area contributed by atoms with Crippen molar-refractivity contribution in [3.05, 3.63) is 53.1 Å². The van der Waals surface area contributed by atoms with E-state index in [4.69, 9.17) is 14.8 Å². The SMILES string of the molecule is CCn1nc2c(c1Nc1nc(-c3ccc(-n4cnc(C)c4)c(OC)c3)cs1)CCCC2. The highest BCUT2D eigenvalue weighted by molar-refractivity contribution is 7.14. The molecule has 0 spiro atoms. The van der Waals surface area contributed by atoms with Crippen LogP contribution in [0.15, 0.2) is 36.1 Å². The Bertz CT molecular complexity index is 1220. The molecule has 0 aliphatic heterocycles. The normalized spacial score (nSPS) is 13.3. The van der Waals surface area contributed by atoms with Crippen molar-refractivity contribution in [3.63, 3.8) is 0 Å². The first-order chi connectivity index (χ1) is 15.2. The number of methoxy groups -OCH3 is 1. The van der Waals surface area contributed by atoms with Crippen LogP contribution < -0.4 is 10.1 Å². The van der Waals surface area contributed by atoms with E-state index in [9.17, 15) is 0 Å². The number of hydrogen-bond acceptors (Lipinski definition) is 6. The van der Waals surface area contributed by atoms with E-state index >= 15 is 0 Å². The van der Waals surface area contributed by atoms with Crippen LogP contribution in [0.4, 0.5) is 10.9 Å². The zero-order valence-corrected chi connectivity index (χ0v) is 18.9. The molecule has 1 aliphatic carbocycles. The van der Waals surface area contributed by atoms with E-state index in [2.05, 4.69) is 33.4 Å². The first kappa shape index (κ1) is 19.8. The lowest BCUT2D eigenvalue weighted by molar-refractivity contribution is 0.413. The van der Waals surface area contributed by atoms with Gasteiger partial charge in [0, 0.05) is 29.2 Å². The molecule has 3 heterocycles. The van der Waals surface area contributed by atoms with Crippen LogP contribution >= 0.6 is 11.3 Å². The van der Waals surface area contributed by atoms with Gasteiger partial charge in [0.25, 0.3) is 0 Å². The average molecular weight is 435 g/mol. The third-order valence-corrected chi connectivity index (χ3v) is 6.48. The summed E-state index contributed by atoms with van der Waals surface area (Å²) in [7, 11) is 1.69. The second-order valence-electron chi connectivity index (χ2n) is 7.77. The largest absolute Gasteiger partial charge is 0.495 e.